The number of likely N-dealkylation sites (N-methyl/N-ethyl adjacent to an activating group) is 1. The summed E-state index contributed by atoms with van der Waals surface area (Å²) in [4.78, 5) is 16.0. The molecule has 40 heavy (non-hydrogen) atoms. The van der Waals surface area contributed by atoms with Gasteiger partial charge in [-0.1, -0.05) is 24.3 Å². The number of aryl methyl sites for hydroxylation is 3. The topological polar surface area (TPSA) is 122 Å². The van der Waals surface area contributed by atoms with Gasteiger partial charge in [-0.25, -0.2) is 9.97 Å². The standard InChI is InChI=1S/C29H36N10O/c1-37(2)14-15-39-13-11-25(36-39)33-29-32-19-22-9-10-24-26(27(22)34-29)28(38(3)35-24)21-7-5-20(6-8-21)23(17-30)18-31-12-16-40-4/h5-8,11,13,17-19,23,30H,9-10,12,14-16H2,1-4H3,(H,32,33,34,36). The van der Waals surface area contributed by atoms with Gasteiger partial charge in [-0.15, -0.1) is 0 Å². The second kappa shape index (κ2) is 12.3. The van der Waals surface area contributed by atoms with Crippen molar-refractivity contribution in [3.05, 3.63) is 59.5 Å². The number of methoxy groups -OCH3 is 1. The second-order valence-corrected chi connectivity index (χ2v) is 10.1. The molecule has 208 valence electrons. The van der Waals surface area contributed by atoms with Gasteiger partial charge >= 0.3 is 0 Å². The highest BCUT2D eigenvalue weighted by molar-refractivity contribution is 5.90. The summed E-state index contributed by atoms with van der Waals surface area (Å²) in [5.74, 6) is 1.04. The van der Waals surface area contributed by atoms with E-state index in [0.29, 0.717) is 24.9 Å². The summed E-state index contributed by atoms with van der Waals surface area (Å²) in [6, 6.07) is 10.2. The van der Waals surface area contributed by atoms with Crippen molar-refractivity contribution in [2.75, 3.05) is 46.2 Å². The summed E-state index contributed by atoms with van der Waals surface area (Å²) < 4.78 is 8.91. The molecule has 3 aromatic heterocycles. The van der Waals surface area contributed by atoms with Gasteiger partial charge in [-0.3, -0.25) is 14.4 Å². The number of nitrogens with zero attached hydrogens (tertiary/aromatic N) is 8. The van der Waals surface area contributed by atoms with Crippen LogP contribution in [0.25, 0.3) is 22.5 Å². The minimum absolute atomic E-state index is 0.181. The molecule has 0 radical (unpaired) electrons. The average molecular weight is 541 g/mol. The summed E-state index contributed by atoms with van der Waals surface area (Å²) in [6.45, 7) is 2.86. The first-order valence-corrected chi connectivity index (χ1v) is 13.4. The largest absolute Gasteiger partial charge is 0.383 e. The Hall–Kier alpha value is -4.22. The van der Waals surface area contributed by atoms with Gasteiger partial charge in [0.25, 0.3) is 0 Å². The monoisotopic (exact) mass is 540 g/mol. The van der Waals surface area contributed by atoms with Crippen molar-refractivity contribution in [3.8, 4) is 22.5 Å². The van der Waals surface area contributed by atoms with Gasteiger partial charge in [-0.2, -0.15) is 10.2 Å². The smallest absolute Gasteiger partial charge is 0.228 e. The molecule has 0 bridgehead atoms. The molecule has 0 aliphatic heterocycles. The molecule has 11 heteroatoms. The van der Waals surface area contributed by atoms with Crippen molar-refractivity contribution < 1.29 is 4.74 Å². The zero-order chi connectivity index (χ0) is 28.1. The lowest BCUT2D eigenvalue weighted by Crippen LogP contribution is -2.18. The van der Waals surface area contributed by atoms with E-state index in [9.17, 15) is 0 Å². The van der Waals surface area contributed by atoms with Crippen LogP contribution < -0.4 is 5.32 Å². The molecule has 1 aliphatic rings. The SMILES string of the molecule is COCCN=CC(C=N)c1ccc(-c2c3c(nn2C)CCc2cnc(Nc4ccn(CCN(C)C)n4)nc2-3)cc1. The summed E-state index contributed by atoms with van der Waals surface area (Å²) in [5.41, 5.74) is 7.16. The predicted octanol–water partition coefficient (Wildman–Crippen LogP) is 3.59. The van der Waals surface area contributed by atoms with E-state index < -0.39 is 0 Å². The molecule has 0 saturated heterocycles. The molecule has 1 atom stereocenters. The molecular formula is C29H36N10O. The number of ether oxygens (including phenoxy) is 1. The normalized spacial score (nSPS) is 13.4. The Labute approximate surface area is 234 Å². The first-order chi connectivity index (χ1) is 19.5. The third-order valence-corrected chi connectivity index (χ3v) is 6.95. The molecule has 0 amide bonds. The number of rotatable bonds is 12. The van der Waals surface area contributed by atoms with Crippen LogP contribution in [0.1, 0.15) is 22.7 Å². The number of benzene rings is 1. The summed E-state index contributed by atoms with van der Waals surface area (Å²) in [6.07, 6.45) is 8.77. The van der Waals surface area contributed by atoms with Crippen LogP contribution in [0.15, 0.2) is 47.7 Å². The fraction of sp³-hybridized carbons (Fsp3) is 0.379. The molecule has 1 unspecified atom stereocenters. The Balaban J connectivity index is 1.41. The highest BCUT2D eigenvalue weighted by atomic mass is 16.5. The molecule has 5 rings (SSSR count). The van der Waals surface area contributed by atoms with Crippen LogP contribution in [0.3, 0.4) is 0 Å². The molecule has 2 N–H and O–H groups in total. The molecule has 1 aliphatic carbocycles. The first-order valence-electron chi connectivity index (χ1n) is 13.4. The highest BCUT2D eigenvalue weighted by Gasteiger charge is 2.27. The van der Waals surface area contributed by atoms with E-state index in [1.807, 2.05) is 49.0 Å². The average Bonchev–Trinajstić information content (AvgIpc) is 3.55. The lowest BCUT2D eigenvalue weighted by Gasteiger charge is -2.17. The maximum Gasteiger partial charge on any atom is 0.228 e. The van der Waals surface area contributed by atoms with Gasteiger partial charge < -0.3 is 20.4 Å². The number of hydrogen-bond donors (Lipinski definition) is 2. The lowest BCUT2D eigenvalue weighted by atomic mass is 9.91. The lowest BCUT2D eigenvalue weighted by molar-refractivity contribution is 0.208. The van der Waals surface area contributed by atoms with Gasteiger partial charge in [0.05, 0.1) is 42.7 Å². The van der Waals surface area contributed by atoms with E-state index in [0.717, 1.165) is 65.3 Å². The number of fused-ring (bicyclic) bond motifs is 3. The number of hydrogen-bond acceptors (Lipinski definition) is 9. The van der Waals surface area contributed by atoms with Crippen molar-refractivity contribution in [3.63, 3.8) is 0 Å². The quantitative estimate of drug-likeness (QED) is 0.208. The second-order valence-electron chi connectivity index (χ2n) is 10.1. The molecular weight excluding hydrogens is 504 g/mol. The molecule has 0 spiro atoms. The Morgan fingerprint density at radius 3 is 2.75 bits per heavy atom. The number of aliphatic imine (C=N–C) groups is 1. The maximum absolute atomic E-state index is 7.86. The molecule has 4 aromatic rings. The summed E-state index contributed by atoms with van der Waals surface area (Å²) in [7, 11) is 7.73. The highest BCUT2D eigenvalue weighted by Crippen LogP contribution is 2.39. The third-order valence-electron chi connectivity index (χ3n) is 6.95. The summed E-state index contributed by atoms with van der Waals surface area (Å²) in [5, 5.41) is 20.6. The van der Waals surface area contributed by atoms with Crippen LogP contribution in [0, 0.1) is 5.41 Å². The van der Waals surface area contributed by atoms with E-state index in [2.05, 4.69) is 49.6 Å². The van der Waals surface area contributed by atoms with Gasteiger partial charge in [-0.05, 0) is 38.1 Å². The van der Waals surface area contributed by atoms with Crippen LogP contribution >= 0.6 is 0 Å². The zero-order valence-electron chi connectivity index (χ0n) is 23.5. The van der Waals surface area contributed by atoms with Gasteiger partial charge in [0.1, 0.15) is 0 Å². The van der Waals surface area contributed by atoms with Gasteiger partial charge in [0.15, 0.2) is 5.82 Å². The van der Waals surface area contributed by atoms with Gasteiger partial charge in [0.2, 0.25) is 5.95 Å². The molecule has 11 nitrogen and oxygen atoms in total. The van der Waals surface area contributed by atoms with E-state index in [4.69, 9.17) is 20.2 Å². The van der Waals surface area contributed by atoms with E-state index in [1.54, 1.807) is 13.3 Å². The van der Waals surface area contributed by atoms with Crippen molar-refractivity contribution >= 4 is 24.2 Å². The number of anilines is 2. The number of aromatic nitrogens is 6. The van der Waals surface area contributed by atoms with Crippen molar-refractivity contribution in [2.45, 2.75) is 25.3 Å². The molecule has 3 heterocycles. The van der Waals surface area contributed by atoms with E-state index in [1.165, 1.54) is 6.21 Å². The van der Waals surface area contributed by atoms with Crippen molar-refractivity contribution in [1.82, 2.24) is 34.4 Å². The molecule has 0 saturated carbocycles. The fourth-order valence-corrected chi connectivity index (χ4v) is 4.84. The maximum atomic E-state index is 7.86. The van der Waals surface area contributed by atoms with Crippen LogP contribution in [0.4, 0.5) is 11.8 Å². The first kappa shape index (κ1) is 27.4. The third kappa shape index (κ3) is 6.00. The van der Waals surface area contributed by atoms with Crippen LogP contribution in [-0.4, -0.2) is 87.8 Å². The Kier molecular flexibility index (Phi) is 8.42. The Morgan fingerprint density at radius 1 is 1.18 bits per heavy atom. The van der Waals surface area contributed by atoms with Gasteiger partial charge in [0, 0.05) is 62.7 Å². The Bertz CT molecular complexity index is 1490. The van der Waals surface area contributed by atoms with Crippen LogP contribution in [-0.2, 0) is 31.2 Å². The summed E-state index contributed by atoms with van der Waals surface area (Å²) >= 11 is 0. The fourth-order valence-electron chi connectivity index (χ4n) is 4.84. The van der Waals surface area contributed by atoms with Crippen LogP contribution in [0.5, 0.6) is 0 Å². The minimum atomic E-state index is -0.181. The molecule has 0 fully saturated rings. The van der Waals surface area contributed by atoms with E-state index >= 15 is 0 Å². The van der Waals surface area contributed by atoms with Crippen molar-refractivity contribution in [1.29, 1.82) is 5.41 Å². The van der Waals surface area contributed by atoms with Crippen molar-refractivity contribution in [2.24, 2.45) is 12.0 Å². The van der Waals surface area contributed by atoms with Crippen LogP contribution in [0.2, 0.25) is 0 Å². The van der Waals surface area contributed by atoms with E-state index in [-0.39, 0.29) is 5.92 Å². The predicted molar refractivity (Wildman–Crippen MR) is 158 cm³/mol. The Morgan fingerprint density at radius 2 is 2.00 bits per heavy atom. The molecule has 1 aromatic carbocycles. The number of nitrogens with one attached hydrogen (secondary N) is 2. The zero-order valence-corrected chi connectivity index (χ0v) is 23.5. The minimum Gasteiger partial charge on any atom is -0.383 e.